The highest BCUT2D eigenvalue weighted by molar-refractivity contribution is 9.10. The second kappa shape index (κ2) is 5.50. The van der Waals surface area contributed by atoms with Gasteiger partial charge in [-0.2, -0.15) is 5.26 Å². The number of hydrogen-bond donors (Lipinski definition) is 2. The van der Waals surface area contributed by atoms with Gasteiger partial charge in [-0.15, -0.1) is 0 Å². The van der Waals surface area contributed by atoms with Crippen molar-refractivity contribution in [1.29, 1.82) is 5.26 Å². The van der Waals surface area contributed by atoms with Crippen molar-refractivity contribution >= 4 is 33.2 Å². The number of nitriles is 1. The van der Waals surface area contributed by atoms with Gasteiger partial charge in [0.2, 0.25) is 0 Å². The van der Waals surface area contributed by atoms with Crippen LogP contribution in [0.1, 0.15) is 16.1 Å². The Balaban J connectivity index is 2.30. The zero-order valence-corrected chi connectivity index (χ0v) is 11.3. The molecule has 2 aromatic rings. The maximum atomic E-state index is 12.0. The molecule has 0 fully saturated rings. The number of nitrogen functional groups attached to an aromatic ring is 1. The Morgan fingerprint density at radius 1 is 1.42 bits per heavy atom. The molecule has 0 bridgehead atoms. The predicted molar refractivity (Wildman–Crippen MR) is 75.5 cm³/mol. The Bertz CT molecular complexity index is 679. The van der Waals surface area contributed by atoms with Crippen molar-refractivity contribution in [3.8, 4) is 6.07 Å². The van der Waals surface area contributed by atoms with Gasteiger partial charge in [0.15, 0.2) is 5.69 Å². The van der Waals surface area contributed by atoms with Crippen LogP contribution in [0.15, 0.2) is 41.0 Å². The molecule has 0 saturated carbocycles. The SMILES string of the molecule is N#Cc1cc(Br)ccc1NC(=O)c1ncccc1N. The van der Waals surface area contributed by atoms with E-state index in [0.717, 1.165) is 4.47 Å². The molecule has 0 aliphatic carbocycles. The van der Waals surface area contributed by atoms with Crippen molar-refractivity contribution in [1.82, 2.24) is 4.98 Å². The summed E-state index contributed by atoms with van der Waals surface area (Å²) in [6.07, 6.45) is 1.48. The summed E-state index contributed by atoms with van der Waals surface area (Å²) in [5.74, 6) is -0.447. The van der Waals surface area contributed by atoms with E-state index in [-0.39, 0.29) is 11.4 Å². The molecule has 6 heteroatoms. The van der Waals surface area contributed by atoms with Crippen molar-refractivity contribution in [3.05, 3.63) is 52.3 Å². The number of aromatic nitrogens is 1. The van der Waals surface area contributed by atoms with E-state index in [2.05, 4.69) is 26.2 Å². The quantitative estimate of drug-likeness (QED) is 0.890. The van der Waals surface area contributed by atoms with Crippen LogP contribution in [0.3, 0.4) is 0 Å². The van der Waals surface area contributed by atoms with Crippen molar-refractivity contribution in [2.45, 2.75) is 0 Å². The molecule has 3 N–H and O–H groups in total. The van der Waals surface area contributed by atoms with Crippen LogP contribution in [0.25, 0.3) is 0 Å². The number of nitrogens with one attached hydrogen (secondary N) is 1. The molecule has 1 aromatic carbocycles. The molecule has 0 atom stereocenters. The minimum Gasteiger partial charge on any atom is -0.397 e. The molecule has 0 unspecified atom stereocenters. The average molecular weight is 317 g/mol. The third-order valence-electron chi connectivity index (χ3n) is 2.40. The largest absolute Gasteiger partial charge is 0.397 e. The van der Waals surface area contributed by atoms with Gasteiger partial charge in [0, 0.05) is 10.7 Å². The Kier molecular flexibility index (Phi) is 3.78. The lowest BCUT2D eigenvalue weighted by Gasteiger charge is -2.08. The minimum absolute atomic E-state index is 0.134. The predicted octanol–water partition coefficient (Wildman–Crippen LogP) is 2.55. The zero-order chi connectivity index (χ0) is 13.8. The number of carbonyl (C=O) groups is 1. The van der Waals surface area contributed by atoms with Crippen LogP contribution >= 0.6 is 15.9 Å². The van der Waals surface area contributed by atoms with E-state index >= 15 is 0 Å². The molecule has 0 spiro atoms. The lowest BCUT2D eigenvalue weighted by molar-refractivity contribution is 0.102. The molecule has 5 nitrogen and oxygen atoms in total. The smallest absolute Gasteiger partial charge is 0.276 e. The molecule has 1 aromatic heterocycles. The van der Waals surface area contributed by atoms with E-state index in [1.54, 1.807) is 30.3 Å². The Labute approximate surface area is 118 Å². The van der Waals surface area contributed by atoms with Crippen LogP contribution in [0.5, 0.6) is 0 Å². The van der Waals surface area contributed by atoms with E-state index in [0.29, 0.717) is 11.3 Å². The van der Waals surface area contributed by atoms with Gasteiger partial charge in [-0.3, -0.25) is 4.79 Å². The fraction of sp³-hybridized carbons (Fsp3) is 0. The van der Waals surface area contributed by atoms with Gasteiger partial charge >= 0.3 is 0 Å². The van der Waals surface area contributed by atoms with Crippen molar-refractivity contribution in [3.63, 3.8) is 0 Å². The maximum absolute atomic E-state index is 12.0. The van der Waals surface area contributed by atoms with E-state index in [1.807, 2.05) is 6.07 Å². The lowest BCUT2D eigenvalue weighted by Crippen LogP contribution is -2.16. The molecule has 2 rings (SSSR count). The fourth-order valence-electron chi connectivity index (χ4n) is 1.51. The molecule has 0 saturated heterocycles. The van der Waals surface area contributed by atoms with Crippen molar-refractivity contribution < 1.29 is 4.79 Å². The first-order valence-electron chi connectivity index (χ1n) is 5.33. The van der Waals surface area contributed by atoms with E-state index < -0.39 is 5.91 Å². The summed E-state index contributed by atoms with van der Waals surface area (Å²) in [5.41, 5.74) is 6.87. The summed E-state index contributed by atoms with van der Waals surface area (Å²) < 4.78 is 0.763. The van der Waals surface area contributed by atoms with Crippen LogP contribution in [0, 0.1) is 11.3 Å². The lowest BCUT2D eigenvalue weighted by atomic mass is 10.2. The summed E-state index contributed by atoms with van der Waals surface area (Å²) in [6.45, 7) is 0. The highest BCUT2D eigenvalue weighted by Gasteiger charge is 2.13. The number of pyridine rings is 1. The van der Waals surface area contributed by atoms with E-state index in [9.17, 15) is 4.79 Å². The highest BCUT2D eigenvalue weighted by atomic mass is 79.9. The first-order valence-corrected chi connectivity index (χ1v) is 6.12. The molecule has 0 aliphatic heterocycles. The summed E-state index contributed by atoms with van der Waals surface area (Å²) in [6, 6.07) is 10.2. The number of nitrogens with zero attached hydrogens (tertiary/aromatic N) is 2. The van der Waals surface area contributed by atoms with E-state index in [1.165, 1.54) is 6.20 Å². The first kappa shape index (κ1) is 13.1. The Morgan fingerprint density at radius 3 is 2.89 bits per heavy atom. The fourth-order valence-corrected chi connectivity index (χ4v) is 1.87. The molecule has 1 heterocycles. The molecule has 94 valence electrons. The van der Waals surface area contributed by atoms with Gasteiger partial charge in [0.05, 0.1) is 16.9 Å². The van der Waals surface area contributed by atoms with Gasteiger partial charge in [-0.1, -0.05) is 15.9 Å². The van der Waals surface area contributed by atoms with Crippen LogP contribution in [-0.2, 0) is 0 Å². The van der Waals surface area contributed by atoms with Gasteiger partial charge in [0.25, 0.3) is 5.91 Å². The first-order chi connectivity index (χ1) is 9.11. The van der Waals surface area contributed by atoms with Gasteiger partial charge in [-0.05, 0) is 30.3 Å². The molecular formula is C13H9BrN4O. The number of anilines is 2. The summed E-state index contributed by atoms with van der Waals surface area (Å²) in [7, 11) is 0. The van der Waals surface area contributed by atoms with Gasteiger partial charge in [0.1, 0.15) is 6.07 Å². The van der Waals surface area contributed by atoms with Crippen molar-refractivity contribution in [2.75, 3.05) is 11.1 Å². The number of amides is 1. The second-order valence-electron chi connectivity index (χ2n) is 3.70. The zero-order valence-electron chi connectivity index (χ0n) is 9.72. The number of hydrogen-bond acceptors (Lipinski definition) is 4. The van der Waals surface area contributed by atoms with Crippen molar-refractivity contribution in [2.24, 2.45) is 0 Å². The number of benzene rings is 1. The van der Waals surface area contributed by atoms with Gasteiger partial charge < -0.3 is 11.1 Å². The maximum Gasteiger partial charge on any atom is 0.276 e. The van der Waals surface area contributed by atoms with Crippen LogP contribution in [0.4, 0.5) is 11.4 Å². The third-order valence-corrected chi connectivity index (χ3v) is 2.90. The molecule has 0 radical (unpaired) electrons. The highest BCUT2D eigenvalue weighted by Crippen LogP contribution is 2.21. The standard InChI is InChI=1S/C13H9BrN4O/c14-9-3-4-11(8(6-9)7-15)18-13(19)12-10(16)2-1-5-17-12/h1-6H,16H2,(H,18,19). The summed E-state index contributed by atoms with van der Waals surface area (Å²) in [4.78, 5) is 15.9. The molecular weight excluding hydrogens is 308 g/mol. The molecule has 0 aliphatic rings. The van der Waals surface area contributed by atoms with Gasteiger partial charge in [-0.25, -0.2) is 4.98 Å². The van der Waals surface area contributed by atoms with Crippen LogP contribution in [-0.4, -0.2) is 10.9 Å². The Morgan fingerprint density at radius 2 is 2.21 bits per heavy atom. The third kappa shape index (κ3) is 2.89. The summed E-state index contributed by atoms with van der Waals surface area (Å²) in [5, 5.41) is 11.6. The second-order valence-corrected chi connectivity index (χ2v) is 4.61. The Hall–Kier alpha value is -2.39. The van der Waals surface area contributed by atoms with Crippen LogP contribution in [0.2, 0.25) is 0 Å². The number of rotatable bonds is 2. The normalized spacial score (nSPS) is 9.68. The number of nitrogens with two attached hydrogens (primary N) is 1. The van der Waals surface area contributed by atoms with Crippen LogP contribution < -0.4 is 11.1 Å². The molecule has 1 amide bonds. The minimum atomic E-state index is -0.447. The number of halogens is 1. The average Bonchev–Trinajstić information content (AvgIpc) is 2.41. The topological polar surface area (TPSA) is 91.8 Å². The monoisotopic (exact) mass is 316 g/mol. The van der Waals surface area contributed by atoms with E-state index in [4.69, 9.17) is 11.0 Å². The molecule has 19 heavy (non-hydrogen) atoms. The number of carbonyl (C=O) groups excluding carboxylic acids is 1. The summed E-state index contributed by atoms with van der Waals surface area (Å²) >= 11 is 3.26.